The van der Waals surface area contributed by atoms with Crippen LogP contribution in [-0.2, 0) is 4.79 Å². The van der Waals surface area contributed by atoms with Crippen molar-refractivity contribution in [3.05, 3.63) is 0 Å². The van der Waals surface area contributed by atoms with Crippen molar-refractivity contribution in [1.82, 2.24) is 4.90 Å². The van der Waals surface area contributed by atoms with Gasteiger partial charge in [-0.3, -0.25) is 9.69 Å². The monoisotopic (exact) mass is 181 g/mol. The number of aliphatic carboxylic acids is 1. The zero-order valence-electron chi connectivity index (χ0n) is 7.92. The molecule has 0 aromatic carbocycles. The summed E-state index contributed by atoms with van der Waals surface area (Å²) in [4.78, 5) is 12.4. The van der Waals surface area contributed by atoms with E-state index in [0.29, 0.717) is 6.54 Å². The van der Waals surface area contributed by atoms with Crippen molar-refractivity contribution in [3.63, 3.8) is 0 Å². The summed E-state index contributed by atoms with van der Waals surface area (Å²) in [6, 6.07) is 0. The van der Waals surface area contributed by atoms with Crippen molar-refractivity contribution in [2.45, 2.75) is 19.8 Å². The molecule has 0 aromatic heterocycles. The Hall–Kier alpha value is -1.01. The zero-order valence-corrected chi connectivity index (χ0v) is 7.92. The fourth-order valence-electron chi connectivity index (χ4n) is 1.23. The molecule has 0 atom stereocenters. The third-order valence-corrected chi connectivity index (χ3v) is 2.05. The summed E-state index contributed by atoms with van der Waals surface area (Å²) >= 11 is 0. The average molecular weight is 181 g/mol. The van der Waals surface area contributed by atoms with E-state index >= 15 is 0 Å². The van der Waals surface area contributed by atoms with Gasteiger partial charge in [-0.15, -0.1) is 5.92 Å². The molecule has 3 nitrogen and oxygen atoms in total. The van der Waals surface area contributed by atoms with Crippen LogP contribution in [0, 0.1) is 17.8 Å². The molecule has 0 spiro atoms. The highest BCUT2D eigenvalue weighted by atomic mass is 16.4. The van der Waals surface area contributed by atoms with Crippen LogP contribution in [0.5, 0.6) is 0 Å². The Balaban J connectivity index is 2.30. The summed E-state index contributed by atoms with van der Waals surface area (Å²) in [5.74, 6) is 5.64. The van der Waals surface area contributed by atoms with E-state index in [1.165, 1.54) is 12.8 Å². The number of carboxylic acids is 1. The molecule has 13 heavy (non-hydrogen) atoms. The van der Waals surface area contributed by atoms with Crippen LogP contribution in [0.4, 0.5) is 0 Å². The zero-order chi connectivity index (χ0) is 9.68. The normalized spacial score (nSPS) is 15.2. The minimum atomic E-state index is -0.765. The number of nitrogens with zero attached hydrogens (tertiary/aromatic N) is 1. The van der Waals surface area contributed by atoms with Crippen molar-refractivity contribution >= 4 is 5.97 Å². The molecule has 0 heterocycles. The van der Waals surface area contributed by atoms with Gasteiger partial charge in [-0.1, -0.05) is 5.92 Å². The highest BCUT2D eigenvalue weighted by Crippen LogP contribution is 2.29. The lowest BCUT2D eigenvalue weighted by Crippen LogP contribution is -2.32. The average Bonchev–Trinajstić information content (AvgIpc) is 2.83. The molecule has 1 fully saturated rings. The van der Waals surface area contributed by atoms with Gasteiger partial charge in [-0.25, -0.2) is 0 Å². The van der Waals surface area contributed by atoms with Crippen molar-refractivity contribution in [3.8, 4) is 11.8 Å². The summed E-state index contributed by atoms with van der Waals surface area (Å²) in [6.45, 7) is 3.36. The SMILES string of the molecule is CC#CCN(CC(=O)O)CC1CC1. The van der Waals surface area contributed by atoms with Gasteiger partial charge in [-0.05, 0) is 25.7 Å². The van der Waals surface area contributed by atoms with Gasteiger partial charge < -0.3 is 5.11 Å². The van der Waals surface area contributed by atoms with Crippen molar-refractivity contribution in [2.75, 3.05) is 19.6 Å². The summed E-state index contributed by atoms with van der Waals surface area (Å²) in [7, 11) is 0. The summed E-state index contributed by atoms with van der Waals surface area (Å²) in [5.41, 5.74) is 0. The van der Waals surface area contributed by atoms with E-state index in [1.807, 2.05) is 4.90 Å². The number of hydrogen-bond donors (Lipinski definition) is 1. The van der Waals surface area contributed by atoms with Gasteiger partial charge in [0, 0.05) is 6.54 Å². The van der Waals surface area contributed by atoms with E-state index in [0.717, 1.165) is 12.5 Å². The standard InChI is InChI=1S/C10H15NO2/c1-2-3-6-11(8-10(12)13)7-9-4-5-9/h9H,4-8H2,1H3,(H,12,13). The Morgan fingerprint density at radius 2 is 2.31 bits per heavy atom. The number of rotatable bonds is 5. The Kier molecular flexibility index (Phi) is 3.78. The van der Waals surface area contributed by atoms with E-state index in [1.54, 1.807) is 6.92 Å². The molecule has 0 aliphatic heterocycles. The summed E-state index contributed by atoms with van der Waals surface area (Å²) in [6.07, 6.45) is 2.49. The molecular weight excluding hydrogens is 166 g/mol. The molecular formula is C10H15NO2. The summed E-state index contributed by atoms with van der Waals surface area (Å²) in [5, 5.41) is 8.63. The van der Waals surface area contributed by atoms with Crippen LogP contribution < -0.4 is 0 Å². The lowest BCUT2D eigenvalue weighted by Gasteiger charge is -2.16. The van der Waals surface area contributed by atoms with Crippen LogP contribution >= 0.6 is 0 Å². The third-order valence-electron chi connectivity index (χ3n) is 2.05. The number of carboxylic acid groups (broad SMARTS) is 1. The van der Waals surface area contributed by atoms with Gasteiger partial charge in [0.1, 0.15) is 0 Å². The minimum absolute atomic E-state index is 0.116. The minimum Gasteiger partial charge on any atom is -0.480 e. The predicted octanol–water partition coefficient (Wildman–Crippen LogP) is 0.806. The van der Waals surface area contributed by atoms with Gasteiger partial charge >= 0.3 is 5.97 Å². The van der Waals surface area contributed by atoms with Crippen LogP contribution in [0.25, 0.3) is 0 Å². The Morgan fingerprint density at radius 3 is 2.77 bits per heavy atom. The molecule has 0 unspecified atom stereocenters. The highest BCUT2D eigenvalue weighted by Gasteiger charge is 2.24. The van der Waals surface area contributed by atoms with Gasteiger partial charge in [0.2, 0.25) is 0 Å². The first-order chi connectivity index (χ1) is 6.22. The van der Waals surface area contributed by atoms with Crippen LogP contribution in [-0.4, -0.2) is 35.6 Å². The van der Waals surface area contributed by atoms with E-state index < -0.39 is 5.97 Å². The molecule has 0 bridgehead atoms. The molecule has 1 aliphatic carbocycles. The first-order valence-electron chi connectivity index (χ1n) is 4.56. The molecule has 72 valence electrons. The van der Waals surface area contributed by atoms with E-state index in [2.05, 4.69) is 11.8 Å². The Labute approximate surface area is 78.7 Å². The molecule has 0 radical (unpaired) electrons. The first-order valence-corrected chi connectivity index (χ1v) is 4.56. The third kappa shape index (κ3) is 4.54. The van der Waals surface area contributed by atoms with Gasteiger partial charge in [-0.2, -0.15) is 0 Å². The lowest BCUT2D eigenvalue weighted by molar-refractivity contribution is -0.138. The topological polar surface area (TPSA) is 40.5 Å². The van der Waals surface area contributed by atoms with Gasteiger partial charge in [0.15, 0.2) is 0 Å². The molecule has 1 N–H and O–H groups in total. The second-order valence-corrected chi connectivity index (χ2v) is 3.43. The van der Waals surface area contributed by atoms with E-state index in [-0.39, 0.29) is 6.54 Å². The quantitative estimate of drug-likeness (QED) is 0.638. The van der Waals surface area contributed by atoms with Gasteiger partial charge in [0.25, 0.3) is 0 Å². The molecule has 1 saturated carbocycles. The molecule has 0 saturated heterocycles. The van der Waals surface area contributed by atoms with Crippen molar-refractivity contribution in [2.24, 2.45) is 5.92 Å². The second kappa shape index (κ2) is 4.88. The van der Waals surface area contributed by atoms with E-state index in [9.17, 15) is 4.79 Å². The predicted molar refractivity (Wildman–Crippen MR) is 50.2 cm³/mol. The Morgan fingerprint density at radius 1 is 1.62 bits per heavy atom. The lowest BCUT2D eigenvalue weighted by atomic mass is 10.3. The second-order valence-electron chi connectivity index (χ2n) is 3.43. The van der Waals surface area contributed by atoms with Crippen LogP contribution in [0.3, 0.4) is 0 Å². The maximum atomic E-state index is 10.5. The van der Waals surface area contributed by atoms with Crippen LogP contribution in [0.15, 0.2) is 0 Å². The maximum absolute atomic E-state index is 10.5. The van der Waals surface area contributed by atoms with Crippen molar-refractivity contribution < 1.29 is 9.90 Å². The number of carbonyl (C=O) groups is 1. The van der Waals surface area contributed by atoms with Crippen molar-refractivity contribution in [1.29, 1.82) is 0 Å². The molecule has 1 aliphatic rings. The first kappa shape index (κ1) is 10.1. The van der Waals surface area contributed by atoms with E-state index in [4.69, 9.17) is 5.11 Å². The Bertz CT molecular complexity index is 235. The van der Waals surface area contributed by atoms with Crippen LogP contribution in [0.2, 0.25) is 0 Å². The molecule has 3 heteroatoms. The maximum Gasteiger partial charge on any atom is 0.317 e. The smallest absolute Gasteiger partial charge is 0.317 e. The molecule has 0 amide bonds. The highest BCUT2D eigenvalue weighted by molar-refractivity contribution is 5.69. The van der Waals surface area contributed by atoms with Gasteiger partial charge in [0.05, 0.1) is 13.1 Å². The van der Waals surface area contributed by atoms with Crippen LogP contribution in [0.1, 0.15) is 19.8 Å². The molecule has 1 rings (SSSR count). The number of hydrogen-bond acceptors (Lipinski definition) is 2. The molecule has 0 aromatic rings. The largest absolute Gasteiger partial charge is 0.480 e. The summed E-state index contributed by atoms with van der Waals surface area (Å²) < 4.78 is 0. The fourth-order valence-corrected chi connectivity index (χ4v) is 1.23. The fraction of sp³-hybridized carbons (Fsp3) is 0.700.